The zero-order valence-corrected chi connectivity index (χ0v) is 25.8. The number of thiazole rings is 1. The molecule has 0 saturated heterocycles. The van der Waals surface area contributed by atoms with E-state index in [0.29, 0.717) is 35.2 Å². The van der Waals surface area contributed by atoms with E-state index in [1.54, 1.807) is 6.20 Å². The minimum absolute atomic E-state index is 0.0516. The van der Waals surface area contributed by atoms with Gasteiger partial charge < -0.3 is 9.64 Å². The van der Waals surface area contributed by atoms with Crippen LogP contribution in [-0.4, -0.2) is 45.3 Å². The molecule has 0 radical (unpaired) electrons. The lowest BCUT2D eigenvalue weighted by molar-refractivity contribution is 0.0595. The van der Waals surface area contributed by atoms with Crippen LogP contribution in [0.5, 0.6) is 0 Å². The molecule has 0 aliphatic carbocycles. The van der Waals surface area contributed by atoms with Crippen molar-refractivity contribution in [2.75, 3.05) is 23.9 Å². The maximum atomic E-state index is 13.5. The fourth-order valence-corrected chi connectivity index (χ4v) is 6.35. The first-order chi connectivity index (χ1) is 20.6. The van der Waals surface area contributed by atoms with E-state index >= 15 is 0 Å². The van der Waals surface area contributed by atoms with Crippen molar-refractivity contribution in [1.82, 2.24) is 19.7 Å². The molecular formula is C33H34N6O3S. The highest BCUT2D eigenvalue weighted by Gasteiger charge is 2.26. The molecule has 1 N–H and O–H groups in total. The molecule has 1 amide bonds. The topological polar surface area (TPSA) is 102 Å². The molecule has 4 heterocycles. The van der Waals surface area contributed by atoms with Crippen molar-refractivity contribution in [2.45, 2.75) is 47.2 Å². The Kier molecular flexibility index (Phi) is 7.47. The third kappa shape index (κ3) is 5.75. The number of rotatable bonds is 6. The molecule has 1 aliphatic rings. The summed E-state index contributed by atoms with van der Waals surface area (Å²) >= 11 is 1.45. The second-order valence-electron chi connectivity index (χ2n) is 12.0. The van der Waals surface area contributed by atoms with Crippen molar-refractivity contribution >= 4 is 44.4 Å². The number of hydrogen-bond donors (Lipinski definition) is 1. The number of nitrogens with one attached hydrogen (secondary N) is 1. The summed E-state index contributed by atoms with van der Waals surface area (Å²) in [5.41, 5.74) is 6.32. The Morgan fingerprint density at radius 2 is 1.84 bits per heavy atom. The number of pyridine rings is 1. The van der Waals surface area contributed by atoms with E-state index in [4.69, 9.17) is 9.72 Å². The number of anilines is 2. The quantitative estimate of drug-likeness (QED) is 0.224. The maximum absolute atomic E-state index is 13.5. The van der Waals surface area contributed by atoms with E-state index in [9.17, 15) is 9.59 Å². The second-order valence-corrected chi connectivity index (χ2v) is 13.0. The smallest absolute Gasteiger partial charge is 0.357 e. The summed E-state index contributed by atoms with van der Waals surface area (Å²) in [6.45, 7) is 10.4. The lowest BCUT2D eigenvalue weighted by Gasteiger charge is -2.31. The largest absolute Gasteiger partial charge is 0.464 e. The van der Waals surface area contributed by atoms with Crippen LogP contribution in [0.2, 0.25) is 0 Å². The Morgan fingerprint density at radius 3 is 2.60 bits per heavy atom. The molecule has 5 aromatic rings. The normalized spacial score (nSPS) is 13.2. The molecule has 0 spiro atoms. The first-order valence-electron chi connectivity index (χ1n) is 14.3. The average molecular weight is 595 g/mol. The molecule has 43 heavy (non-hydrogen) atoms. The summed E-state index contributed by atoms with van der Waals surface area (Å²) in [5, 5.41) is 8.16. The van der Waals surface area contributed by atoms with Gasteiger partial charge in [-0.1, -0.05) is 56.4 Å². The van der Waals surface area contributed by atoms with Gasteiger partial charge >= 0.3 is 5.97 Å². The summed E-state index contributed by atoms with van der Waals surface area (Å²) in [6.07, 6.45) is 2.53. The standard InChI is InChI=1S/C33H34N6O3S/c1-20-24(17-34-39(20)19-33(2,3)4)22-13-14-28(36-29(22)31(41)42-5)38-16-15-21-9-8-10-23(25(21)18-38)30(40)37-32-35-26-11-6-7-12-27(26)43-32/h6-14,17H,15-16,18-19H2,1-5H3,(H,35,37,40). The van der Waals surface area contributed by atoms with E-state index in [-0.39, 0.29) is 17.0 Å². The lowest BCUT2D eigenvalue weighted by atomic mass is 9.94. The first kappa shape index (κ1) is 28.5. The Bertz CT molecular complexity index is 1820. The molecule has 0 saturated carbocycles. The van der Waals surface area contributed by atoms with Crippen LogP contribution in [0.4, 0.5) is 10.9 Å². The van der Waals surface area contributed by atoms with Crippen molar-refractivity contribution < 1.29 is 14.3 Å². The van der Waals surface area contributed by atoms with Crippen LogP contribution in [0.25, 0.3) is 21.3 Å². The number of hydrogen-bond acceptors (Lipinski definition) is 8. The van der Waals surface area contributed by atoms with Gasteiger partial charge in [0.15, 0.2) is 10.8 Å². The number of nitrogens with zero attached hydrogens (tertiary/aromatic N) is 5. The van der Waals surface area contributed by atoms with Gasteiger partial charge in [0.25, 0.3) is 5.91 Å². The third-order valence-corrected chi connectivity index (χ3v) is 8.58. The van der Waals surface area contributed by atoms with E-state index in [1.807, 2.05) is 60.1 Å². The number of aromatic nitrogens is 4. The number of benzene rings is 2. The number of carbonyl (C=O) groups is 2. The van der Waals surface area contributed by atoms with Crippen LogP contribution in [0.3, 0.4) is 0 Å². The van der Waals surface area contributed by atoms with Gasteiger partial charge in [-0.3, -0.25) is 14.8 Å². The number of carbonyl (C=O) groups excluding carboxylic acids is 2. The first-order valence-corrected chi connectivity index (χ1v) is 15.1. The Hall–Kier alpha value is -4.57. The average Bonchev–Trinajstić information content (AvgIpc) is 3.57. The molecule has 0 unspecified atom stereocenters. The van der Waals surface area contributed by atoms with Gasteiger partial charge in [0.05, 0.1) is 23.5 Å². The number of fused-ring (bicyclic) bond motifs is 2. The molecular weight excluding hydrogens is 560 g/mol. The summed E-state index contributed by atoms with van der Waals surface area (Å²) in [7, 11) is 1.36. The monoisotopic (exact) mass is 594 g/mol. The predicted octanol–water partition coefficient (Wildman–Crippen LogP) is 6.51. The molecule has 6 rings (SSSR count). The van der Waals surface area contributed by atoms with Gasteiger partial charge in [-0.2, -0.15) is 5.10 Å². The highest BCUT2D eigenvalue weighted by Crippen LogP contribution is 2.33. The van der Waals surface area contributed by atoms with Gasteiger partial charge in [-0.05, 0) is 60.2 Å². The van der Waals surface area contributed by atoms with E-state index < -0.39 is 5.97 Å². The fraction of sp³-hybridized carbons (Fsp3) is 0.303. The molecule has 10 heteroatoms. The second kappa shape index (κ2) is 11.3. The summed E-state index contributed by atoms with van der Waals surface area (Å²) in [5.74, 6) is -0.0527. The highest BCUT2D eigenvalue weighted by molar-refractivity contribution is 7.22. The van der Waals surface area contributed by atoms with Gasteiger partial charge in [0.1, 0.15) is 5.82 Å². The number of amides is 1. The van der Waals surface area contributed by atoms with E-state index in [0.717, 1.165) is 45.6 Å². The van der Waals surface area contributed by atoms with Crippen LogP contribution >= 0.6 is 11.3 Å². The number of para-hydroxylation sites is 1. The molecule has 9 nitrogen and oxygen atoms in total. The Labute approximate surface area is 254 Å². The number of esters is 1. The molecule has 0 atom stereocenters. The zero-order valence-electron chi connectivity index (χ0n) is 25.0. The molecule has 0 fully saturated rings. The summed E-state index contributed by atoms with van der Waals surface area (Å²) < 4.78 is 8.13. The number of methoxy groups -OCH3 is 1. The van der Waals surface area contributed by atoms with Crippen LogP contribution in [-0.2, 0) is 24.2 Å². The van der Waals surface area contributed by atoms with Crippen molar-refractivity contribution in [2.24, 2.45) is 5.41 Å². The minimum Gasteiger partial charge on any atom is -0.464 e. The molecule has 1 aliphatic heterocycles. The van der Waals surface area contributed by atoms with Crippen LogP contribution in [0.15, 0.2) is 60.8 Å². The Morgan fingerprint density at radius 1 is 1.02 bits per heavy atom. The molecule has 2 aromatic carbocycles. The van der Waals surface area contributed by atoms with Crippen molar-refractivity contribution in [3.05, 3.63) is 88.9 Å². The predicted molar refractivity (Wildman–Crippen MR) is 170 cm³/mol. The molecule has 0 bridgehead atoms. The number of ether oxygens (including phenoxy) is 1. The zero-order chi connectivity index (χ0) is 30.3. The fourth-order valence-electron chi connectivity index (χ4n) is 5.49. The van der Waals surface area contributed by atoms with Gasteiger partial charge in [0, 0.05) is 42.0 Å². The van der Waals surface area contributed by atoms with Crippen LogP contribution < -0.4 is 10.2 Å². The van der Waals surface area contributed by atoms with Gasteiger partial charge in [-0.25, -0.2) is 14.8 Å². The van der Waals surface area contributed by atoms with Crippen molar-refractivity contribution in [3.8, 4) is 11.1 Å². The lowest BCUT2D eigenvalue weighted by Crippen LogP contribution is -2.33. The SMILES string of the molecule is COC(=O)c1nc(N2CCc3cccc(C(=O)Nc4nc5ccccc5s4)c3C2)ccc1-c1cnn(CC(C)(C)C)c1C. The molecule has 3 aromatic heterocycles. The third-order valence-electron chi connectivity index (χ3n) is 7.63. The maximum Gasteiger partial charge on any atom is 0.357 e. The Balaban J connectivity index is 1.29. The highest BCUT2D eigenvalue weighted by atomic mass is 32.1. The van der Waals surface area contributed by atoms with E-state index in [2.05, 4.69) is 47.1 Å². The summed E-state index contributed by atoms with van der Waals surface area (Å²) in [4.78, 5) is 37.9. The molecule has 220 valence electrons. The van der Waals surface area contributed by atoms with E-state index in [1.165, 1.54) is 18.4 Å². The van der Waals surface area contributed by atoms with Gasteiger partial charge in [0.2, 0.25) is 0 Å². The van der Waals surface area contributed by atoms with Crippen molar-refractivity contribution in [3.63, 3.8) is 0 Å². The minimum atomic E-state index is -0.506. The van der Waals surface area contributed by atoms with Crippen molar-refractivity contribution in [1.29, 1.82) is 0 Å². The van der Waals surface area contributed by atoms with Gasteiger partial charge in [-0.15, -0.1) is 0 Å². The van der Waals surface area contributed by atoms with Crippen LogP contribution in [0, 0.1) is 12.3 Å². The summed E-state index contributed by atoms with van der Waals surface area (Å²) in [6, 6.07) is 17.5. The van der Waals surface area contributed by atoms with Crippen LogP contribution in [0.1, 0.15) is 58.4 Å².